The Balaban J connectivity index is 1.60. The molecule has 11 nitrogen and oxygen atoms in total. The largest absolute Gasteiger partial charge is 0.480 e. The fourth-order valence-corrected chi connectivity index (χ4v) is 5.16. The lowest BCUT2D eigenvalue weighted by Crippen LogP contribution is -2.28. The molecule has 2 N–H and O–H groups in total. The number of fused-ring (bicyclic) bond motifs is 1. The number of hydrogen-bond donors (Lipinski definition) is 2. The van der Waals surface area contributed by atoms with Crippen molar-refractivity contribution >= 4 is 26.7 Å². The predicted octanol–water partition coefficient (Wildman–Crippen LogP) is 4.46. The molecule has 0 radical (unpaired) electrons. The van der Waals surface area contributed by atoms with Crippen molar-refractivity contribution in [3.8, 4) is 17.3 Å². The first-order chi connectivity index (χ1) is 18.6. The quantitative estimate of drug-likeness (QED) is 0.309. The van der Waals surface area contributed by atoms with Gasteiger partial charge in [0.2, 0.25) is 5.88 Å². The van der Waals surface area contributed by atoms with E-state index in [1.54, 1.807) is 35.9 Å². The SMILES string of the molecule is CC[C@H](C)n1c(=O)c(NCc2ccc(S(C)(=N)=O)cc2)nc2c(C)nc(-c3c(OC)ncnc3C3CC3)nc21. The number of nitrogens with one attached hydrogen (secondary N) is 2. The van der Waals surface area contributed by atoms with Crippen molar-refractivity contribution < 1.29 is 8.95 Å². The van der Waals surface area contributed by atoms with E-state index in [0.717, 1.165) is 24.1 Å². The third-order valence-electron chi connectivity index (χ3n) is 7.00. The molecular formula is C27H32N8O3S. The second-order valence-electron chi connectivity index (χ2n) is 9.96. The number of anilines is 1. The average molecular weight is 549 g/mol. The maximum Gasteiger partial charge on any atom is 0.295 e. The van der Waals surface area contributed by atoms with Gasteiger partial charge in [0, 0.05) is 29.7 Å². The van der Waals surface area contributed by atoms with Crippen LogP contribution in [0, 0.1) is 11.7 Å². The topological polar surface area (TPSA) is 149 Å². The van der Waals surface area contributed by atoms with Crippen LogP contribution in [0.2, 0.25) is 0 Å². The molecule has 1 unspecified atom stereocenters. The van der Waals surface area contributed by atoms with E-state index in [9.17, 15) is 9.00 Å². The first kappa shape index (κ1) is 26.7. The van der Waals surface area contributed by atoms with Gasteiger partial charge < -0.3 is 10.1 Å². The summed E-state index contributed by atoms with van der Waals surface area (Å²) in [4.78, 5) is 37.3. The van der Waals surface area contributed by atoms with Crippen LogP contribution in [0.5, 0.6) is 5.88 Å². The van der Waals surface area contributed by atoms with Crippen molar-refractivity contribution in [2.45, 2.75) is 63.4 Å². The number of nitrogens with zero attached hydrogens (tertiary/aromatic N) is 6. The Morgan fingerprint density at radius 3 is 2.51 bits per heavy atom. The average Bonchev–Trinajstić information content (AvgIpc) is 3.76. The van der Waals surface area contributed by atoms with Crippen LogP contribution in [-0.2, 0) is 16.3 Å². The summed E-state index contributed by atoms with van der Waals surface area (Å²) >= 11 is 0. The Kier molecular flexibility index (Phi) is 7.06. The normalized spacial score (nSPS) is 15.6. The number of methoxy groups -OCH3 is 1. The van der Waals surface area contributed by atoms with E-state index in [2.05, 4.69) is 20.3 Å². The molecule has 1 saturated carbocycles. The molecule has 204 valence electrons. The monoisotopic (exact) mass is 548 g/mol. The Labute approximate surface area is 227 Å². The second-order valence-corrected chi connectivity index (χ2v) is 12.1. The van der Waals surface area contributed by atoms with Crippen LogP contribution in [0.1, 0.15) is 62.0 Å². The van der Waals surface area contributed by atoms with Crippen molar-refractivity contribution in [3.63, 3.8) is 0 Å². The molecule has 0 saturated heterocycles. The summed E-state index contributed by atoms with van der Waals surface area (Å²) in [6, 6.07) is 6.79. The number of benzene rings is 1. The van der Waals surface area contributed by atoms with Gasteiger partial charge in [-0.15, -0.1) is 0 Å². The zero-order chi connectivity index (χ0) is 27.9. The van der Waals surface area contributed by atoms with Gasteiger partial charge in [0.15, 0.2) is 17.3 Å². The van der Waals surface area contributed by atoms with Crippen LogP contribution >= 0.6 is 0 Å². The lowest BCUT2D eigenvalue weighted by Gasteiger charge is -2.19. The van der Waals surface area contributed by atoms with Crippen LogP contribution in [0.4, 0.5) is 5.82 Å². The summed E-state index contributed by atoms with van der Waals surface area (Å²) in [7, 11) is -1.23. The number of ether oxygens (including phenoxy) is 1. The molecule has 39 heavy (non-hydrogen) atoms. The number of aryl methyl sites for hydroxylation is 1. The summed E-state index contributed by atoms with van der Waals surface area (Å²) in [5.41, 5.74) is 3.71. The van der Waals surface area contributed by atoms with Gasteiger partial charge in [-0.3, -0.25) is 9.36 Å². The lowest BCUT2D eigenvalue weighted by atomic mass is 10.1. The van der Waals surface area contributed by atoms with Gasteiger partial charge in [0.05, 0.1) is 28.2 Å². The van der Waals surface area contributed by atoms with E-state index >= 15 is 0 Å². The molecule has 0 amide bonds. The number of aromatic nitrogens is 6. The molecule has 0 spiro atoms. The molecule has 3 aromatic heterocycles. The first-order valence-electron chi connectivity index (χ1n) is 12.9. The predicted molar refractivity (Wildman–Crippen MR) is 150 cm³/mol. The maximum absolute atomic E-state index is 13.7. The number of hydrogen-bond acceptors (Lipinski definition) is 10. The lowest BCUT2D eigenvalue weighted by molar-refractivity contribution is 0.397. The summed E-state index contributed by atoms with van der Waals surface area (Å²) in [5, 5.41) is 3.16. The molecule has 1 fully saturated rings. The van der Waals surface area contributed by atoms with Gasteiger partial charge >= 0.3 is 0 Å². The Morgan fingerprint density at radius 1 is 1.18 bits per heavy atom. The fourth-order valence-electron chi connectivity index (χ4n) is 4.51. The van der Waals surface area contributed by atoms with Crippen LogP contribution < -0.4 is 15.6 Å². The smallest absolute Gasteiger partial charge is 0.295 e. The van der Waals surface area contributed by atoms with Crippen molar-refractivity contribution in [2.24, 2.45) is 0 Å². The Hall–Kier alpha value is -3.93. The molecule has 4 aromatic rings. The molecule has 0 aliphatic heterocycles. The van der Waals surface area contributed by atoms with E-state index in [0.29, 0.717) is 57.9 Å². The molecule has 0 bridgehead atoms. The van der Waals surface area contributed by atoms with Gasteiger partial charge in [0.1, 0.15) is 17.4 Å². The summed E-state index contributed by atoms with van der Waals surface area (Å²) in [6.45, 7) is 6.18. The van der Waals surface area contributed by atoms with Gasteiger partial charge in [-0.05, 0) is 50.8 Å². The zero-order valence-corrected chi connectivity index (χ0v) is 23.5. The van der Waals surface area contributed by atoms with E-state index in [1.165, 1.54) is 12.6 Å². The van der Waals surface area contributed by atoms with Gasteiger partial charge in [-0.25, -0.2) is 33.9 Å². The molecule has 5 rings (SSSR count). The van der Waals surface area contributed by atoms with Gasteiger partial charge in [0.25, 0.3) is 5.56 Å². The standard InChI is InChI=1S/C27H32N8O3S/c1-6-15(2)35-25-21(33-24(27(35)36)29-13-17-7-11-19(12-8-17)39(5,28)37)16(3)32-23(34-25)20-22(18-9-10-18)30-14-31-26(20)38-4/h7-8,11-12,14-15,18,28H,6,9-10,13H2,1-5H3,(H,29,33)/t15-,39?/m0/s1. The van der Waals surface area contributed by atoms with E-state index < -0.39 is 9.73 Å². The minimum absolute atomic E-state index is 0.142. The highest BCUT2D eigenvalue weighted by Gasteiger charge is 2.32. The molecular weight excluding hydrogens is 516 g/mol. The van der Waals surface area contributed by atoms with Crippen LogP contribution in [0.25, 0.3) is 22.6 Å². The highest BCUT2D eigenvalue weighted by Crippen LogP contribution is 2.45. The van der Waals surface area contributed by atoms with Crippen molar-refractivity contribution in [2.75, 3.05) is 18.7 Å². The minimum atomic E-state index is -2.79. The first-order valence-corrected chi connectivity index (χ1v) is 14.9. The van der Waals surface area contributed by atoms with E-state index in [-0.39, 0.29) is 17.4 Å². The van der Waals surface area contributed by atoms with Crippen molar-refractivity contribution in [1.82, 2.24) is 29.5 Å². The highest BCUT2D eigenvalue weighted by molar-refractivity contribution is 7.91. The van der Waals surface area contributed by atoms with Crippen LogP contribution in [-0.4, -0.2) is 47.1 Å². The molecule has 3 heterocycles. The zero-order valence-electron chi connectivity index (χ0n) is 22.7. The van der Waals surface area contributed by atoms with E-state index in [4.69, 9.17) is 19.5 Å². The van der Waals surface area contributed by atoms with Gasteiger partial charge in [-0.2, -0.15) is 0 Å². The van der Waals surface area contributed by atoms with Crippen molar-refractivity contribution in [1.29, 1.82) is 4.78 Å². The third kappa shape index (κ3) is 5.20. The van der Waals surface area contributed by atoms with Crippen molar-refractivity contribution in [3.05, 3.63) is 57.9 Å². The molecule has 1 aliphatic carbocycles. The summed E-state index contributed by atoms with van der Waals surface area (Å²) < 4.78 is 27.0. The second kappa shape index (κ2) is 10.3. The van der Waals surface area contributed by atoms with Crippen LogP contribution in [0.3, 0.4) is 0 Å². The molecule has 1 aromatic carbocycles. The Morgan fingerprint density at radius 2 is 1.90 bits per heavy atom. The molecule has 2 atom stereocenters. The third-order valence-corrected chi connectivity index (χ3v) is 8.17. The van der Waals surface area contributed by atoms with Gasteiger partial charge in [-0.1, -0.05) is 19.1 Å². The fraction of sp³-hybridized carbons (Fsp3) is 0.407. The Bertz CT molecular complexity index is 1710. The minimum Gasteiger partial charge on any atom is -0.480 e. The molecule has 12 heteroatoms. The van der Waals surface area contributed by atoms with E-state index in [1.807, 2.05) is 20.8 Å². The number of rotatable bonds is 9. The summed E-state index contributed by atoms with van der Waals surface area (Å²) in [5.74, 6) is 1.34. The summed E-state index contributed by atoms with van der Waals surface area (Å²) in [6.07, 6.45) is 5.68. The highest BCUT2D eigenvalue weighted by atomic mass is 32.2. The van der Waals surface area contributed by atoms with Crippen LogP contribution in [0.15, 0.2) is 40.3 Å². The maximum atomic E-state index is 13.7. The molecule has 1 aliphatic rings.